The molecule has 4 aromatic carbocycles. The average molecular weight is 624 g/mol. The van der Waals surface area contributed by atoms with Crippen molar-refractivity contribution in [1.29, 1.82) is 0 Å². The molecule has 0 bridgehead atoms. The van der Waals surface area contributed by atoms with Crippen LogP contribution < -0.4 is 5.32 Å². The van der Waals surface area contributed by atoms with Crippen LogP contribution in [0.15, 0.2) is 97.1 Å². The number of amides is 2. The number of nitrogens with one attached hydrogen (secondary N) is 1. The minimum atomic E-state index is -3.97. The van der Waals surface area contributed by atoms with Gasteiger partial charge in [0.15, 0.2) is 15.1 Å². The van der Waals surface area contributed by atoms with Crippen molar-refractivity contribution >= 4 is 43.2 Å². The number of fused-ring (bicyclic) bond motifs is 1. The molecular weight excluding hydrogens is 591 g/mol. The van der Waals surface area contributed by atoms with Crippen molar-refractivity contribution in [3.05, 3.63) is 124 Å². The molecule has 0 aliphatic carbocycles. The van der Waals surface area contributed by atoms with Gasteiger partial charge in [-0.2, -0.15) is 0 Å². The van der Waals surface area contributed by atoms with Crippen LogP contribution in [0.3, 0.4) is 0 Å². The summed E-state index contributed by atoms with van der Waals surface area (Å²) in [5.41, 5.74) is 5.68. The van der Waals surface area contributed by atoms with E-state index in [1.165, 1.54) is 11.3 Å². The highest BCUT2D eigenvalue weighted by Crippen LogP contribution is 2.35. The topological polar surface area (TPSA) is 96.4 Å². The van der Waals surface area contributed by atoms with Gasteiger partial charge in [-0.3, -0.25) is 9.59 Å². The molecular formula is C35H33N3O4S2. The fraction of sp³-hybridized carbons (Fsp3) is 0.229. The Hall–Kier alpha value is -4.34. The second kappa shape index (κ2) is 12.7. The number of nitrogens with zero attached hydrogens (tertiary/aromatic N) is 2. The number of hydrogen-bond donors (Lipinski definition) is 1. The highest BCUT2D eigenvalue weighted by molar-refractivity contribution is 7.91. The zero-order valence-electron chi connectivity index (χ0n) is 24.4. The first-order valence-corrected chi connectivity index (χ1v) is 17.2. The third-order valence-corrected chi connectivity index (χ3v) is 11.1. The van der Waals surface area contributed by atoms with Crippen molar-refractivity contribution in [2.45, 2.75) is 37.3 Å². The van der Waals surface area contributed by atoms with Gasteiger partial charge in [0.2, 0.25) is 5.91 Å². The first kappa shape index (κ1) is 29.7. The summed E-state index contributed by atoms with van der Waals surface area (Å²) in [7, 11) is -3.97. The summed E-state index contributed by atoms with van der Waals surface area (Å²) in [4.78, 5) is 33.0. The van der Waals surface area contributed by atoms with E-state index in [4.69, 9.17) is 0 Å². The van der Waals surface area contributed by atoms with Crippen LogP contribution in [0.5, 0.6) is 0 Å². The zero-order chi connectivity index (χ0) is 30.7. The van der Waals surface area contributed by atoms with E-state index >= 15 is 0 Å². The highest BCUT2D eigenvalue weighted by atomic mass is 32.2. The quantitative estimate of drug-likeness (QED) is 0.203. The van der Waals surface area contributed by atoms with Crippen LogP contribution >= 0.6 is 11.3 Å². The molecule has 2 heterocycles. The first-order valence-electron chi connectivity index (χ1n) is 14.7. The number of carbonyl (C=O) groups is 2. The Morgan fingerprint density at radius 2 is 1.57 bits per heavy atom. The number of likely N-dealkylation sites (tertiary alicyclic amines) is 1. The van der Waals surface area contributed by atoms with Crippen LogP contribution in [0.1, 0.15) is 50.1 Å². The van der Waals surface area contributed by atoms with E-state index in [2.05, 4.69) is 10.3 Å². The third-order valence-electron chi connectivity index (χ3n) is 8.01. The molecule has 1 atom stereocenters. The molecule has 1 fully saturated rings. The van der Waals surface area contributed by atoms with E-state index < -0.39 is 21.0 Å². The summed E-state index contributed by atoms with van der Waals surface area (Å²) in [6, 6.07) is 29.9. The molecule has 1 aliphatic heterocycles. The van der Waals surface area contributed by atoms with E-state index in [0.29, 0.717) is 16.6 Å². The second-order valence-electron chi connectivity index (χ2n) is 11.1. The second-order valence-corrected chi connectivity index (χ2v) is 14.3. The SMILES string of the molecule is Cc1ccccc1CNC(=O)C(c1nc2ccc(-c3ccc(C(=O)N4CCCC4)cc3)cc2s1)S(=O)(=O)Cc1ccccc1. The van der Waals surface area contributed by atoms with Crippen molar-refractivity contribution in [3.8, 4) is 11.1 Å². The summed E-state index contributed by atoms with van der Waals surface area (Å²) in [6.45, 7) is 3.78. The van der Waals surface area contributed by atoms with E-state index in [0.717, 1.165) is 52.9 Å². The van der Waals surface area contributed by atoms with Crippen molar-refractivity contribution in [1.82, 2.24) is 15.2 Å². The van der Waals surface area contributed by atoms with Gasteiger partial charge in [-0.25, -0.2) is 13.4 Å². The maximum atomic E-state index is 13.8. The number of benzene rings is 4. The monoisotopic (exact) mass is 623 g/mol. The number of aryl methyl sites for hydroxylation is 1. The molecule has 0 radical (unpaired) electrons. The molecule has 0 saturated carbocycles. The van der Waals surface area contributed by atoms with Crippen molar-refractivity contribution in [2.75, 3.05) is 13.1 Å². The highest BCUT2D eigenvalue weighted by Gasteiger charge is 2.37. The Bertz CT molecular complexity index is 1910. The number of sulfone groups is 1. The minimum Gasteiger partial charge on any atom is -0.351 e. The number of hydrogen-bond acceptors (Lipinski definition) is 6. The maximum absolute atomic E-state index is 13.8. The molecule has 7 nitrogen and oxygen atoms in total. The number of aromatic nitrogens is 1. The summed E-state index contributed by atoms with van der Waals surface area (Å²) in [5, 5.41) is 1.65. The Kier molecular flexibility index (Phi) is 8.59. The van der Waals surface area contributed by atoms with Gasteiger partial charge in [-0.05, 0) is 71.8 Å². The van der Waals surface area contributed by atoms with Crippen LogP contribution in [0.2, 0.25) is 0 Å². The average Bonchev–Trinajstić information content (AvgIpc) is 3.71. The predicted molar refractivity (Wildman–Crippen MR) is 175 cm³/mol. The van der Waals surface area contributed by atoms with Crippen LogP contribution in [0, 0.1) is 6.92 Å². The summed E-state index contributed by atoms with van der Waals surface area (Å²) in [5.74, 6) is -0.818. The smallest absolute Gasteiger partial charge is 0.253 e. The first-order chi connectivity index (χ1) is 21.3. The largest absolute Gasteiger partial charge is 0.351 e. The fourth-order valence-corrected chi connectivity index (χ4v) is 8.71. The van der Waals surface area contributed by atoms with Crippen LogP contribution in [0.4, 0.5) is 0 Å². The van der Waals surface area contributed by atoms with Gasteiger partial charge in [-0.1, -0.05) is 72.8 Å². The zero-order valence-corrected chi connectivity index (χ0v) is 26.0. The van der Waals surface area contributed by atoms with Gasteiger partial charge in [-0.15, -0.1) is 11.3 Å². The van der Waals surface area contributed by atoms with Crippen molar-refractivity contribution in [2.24, 2.45) is 0 Å². The third kappa shape index (κ3) is 6.44. The lowest BCUT2D eigenvalue weighted by atomic mass is 10.0. The molecule has 6 rings (SSSR count). The van der Waals surface area contributed by atoms with Crippen LogP contribution in [0.25, 0.3) is 21.3 Å². The standard InChI is InChI=1S/C35H33N3O4S2/c1-24-9-5-6-12-29(24)22-36-33(39)32(44(41,42)23-25-10-3-2-4-11-25)34-37-30-18-17-28(21-31(30)43-34)26-13-15-27(16-14-26)35(40)38-19-7-8-20-38/h2-6,9-18,21,32H,7-8,19-20,22-23H2,1H3,(H,36,39). The molecule has 1 saturated heterocycles. The normalized spacial score (nSPS) is 14.1. The number of rotatable bonds is 9. The van der Waals surface area contributed by atoms with E-state index in [-0.39, 0.29) is 23.2 Å². The molecule has 1 aromatic heterocycles. The molecule has 0 spiro atoms. The van der Waals surface area contributed by atoms with E-state index in [9.17, 15) is 18.0 Å². The minimum absolute atomic E-state index is 0.0556. The summed E-state index contributed by atoms with van der Waals surface area (Å²) < 4.78 is 28.5. The van der Waals surface area contributed by atoms with Gasteiger partial charge < -0.3 is 10.2 Å². The Morgan fingerprint density at radius 3 is 2.30 bits per heavy atom. The predicted octanol–water partition coefficient (Wildman–Crippen LogP) is 6.48. The fourth-order valence-electron chi connectivity index (χ4n) is 5.54. The number of carbonyl (C=O) groups excluding carboxylic acids is 2. The molecule has 1 unspecified atom stereocenters. The molecule has 44 heavy (non-hydrogen) atoms. The lowest BCUT2D eigenvalue weighted by Crippen LogP contribution is -2.34. The Morgan fingerprint density at radius 1 is 0.886 bits per heavy atom. The van der Waals surface area contributed by atoms with Gasteiger partial charge in [0.25, 0.3) is 5.91 Å². The number of thiazole rings is 1. The van der Waals surface area contributed by atoms with Gasteiger partial charge in [0, 0.05) is 25.2 Å². The molecule has 1 N–H and O–H groups in total. The molecule has 2 amide bonds. The summed E-state index contributed by atoms with van der Waals surface area (Å²) in [6.07, 6.45) is 2.09. The lowest BCUT2D eigenvalue weighted by molar-refractivity contribution is -0.120. The van der Waals surface area contributed by atoms with Crippen molar-refractivity contribution < 1.29 is 18.0 Å². The van der Waals surface area contributed by atoms with Gasteiger partial charge in [0.05, 0.1) is 16.0 Å². The van der Waals surface area contributed by atoms with Crippen LogP contribution in [-0.2, 0) is 26.9 Å². The van der Waals surface area contributed by atoms with Crippen LogP contribution in [-0.4, -0.2) is 43.2 Å². The van der Waals surface area contributed by atoms with Gasteiger partial charge in [0.1, 0.15) is 5.01 Å². The lowest BCUT2D eigenvalue weighted by Gasteiger charge is -2.16. The molecule has 1 aliphatic rings. The van der Waals surface area contributed by atoms with Gasteiger partial charge >= 0.3 is 0 Å². The van der Waals surface area contributed by atoms with Crippen molar-refractivity contribution in [3.63, 3.8) is 0 Å². The molecule has 224 valence electrons. The molecule has 5 aromatic rings. The Labute approximate surface area is 261 Å². The van der Waals surface area contributed by atoms with E-state index in [1.54, 1.807) is 24.3 Å². The van der Waals surface area contributed by atoms with E-state index in [1.807, 2.05) is 84.6 Å². The maximum Gasteiger partial charge on any atom is 0.253 e. The Balaban J connectivity index is 1.29. The summed E-state index contributed by atoms with van der Waals surface area (Å²) >= 11 is 1.22. The molecule has 9 heteroatoms.